The number of sulfone groups is 1. The van der Waals surface area contributed by atoms with Gasteiger partial charge in [-0.3, -0.25) is 4.79 Å². The van der Waals surface area contributed by atoms with Crippen LogP contribution in [0.3, 0.4) is 0 Å². The van der Waals surface area contributed by atoms with Crippen molar-refractivity contribution in [2.24, 2.45) is 0 Å². The number of amides is 1. The molecule has 5 heteroatoms. The monoisotopic (exact) mass is 205 g/mol. The lowest BCUT2D eigenvalue weighted by molar-refractivity contribution is -0.120. The Bertz CT molecular complexity index is 314. The molecule has 0 aliphatic heterocycles. The van der Waals surface area contributed by atoms with Crippen LogP contribution in [0.1, 0.15) is 26.7 Å². The molecule has 0 bridgehead atoms. The third kappa shape index (κ3) is 1.35. The van der Waals surface area contributed by atoms with Gasteiger partial charge in [-0.2, -0.15) is 0 Å². The van der Waals surface area contributed by atoms with Gasteiger partial charge in [0.05, 0.1) is 5.25 Å². The van der Waals surface area contributed by atoms with Crippen molar-refractivity contribution in [1.29, 1.82) is 0 Å². The summed E-state index contributed by atoms with van der Waals surface area (Å²) in [5.74, 6) is -0.360. The van der Waals surface area contributed by atoms with Crippen LogP contribution in [0.2, 0.25) is 0 Å². The Morgan fingerprint density at radius 1 is 1.38 bits per heavy atom. The van der Waals surface area contributed by atoms with Crippen LogP contribution in [0.25, 0.3) is 0 Å². The third-order valence-corrected chi connectivity index (χ3v) is 5.43. The summed E-state index contributed by atoms with van der Waals surface area (Å²) in [5.41, 5.74) is 0. The summed E-state index contributed by atoms with van der Waals surface area (Å²) >= 11 is 0. The Labute approximate surface area is 78.6 Å². The van der Waals surface area contributed by atoms with E-state index in [0.29, 0.717) is 12.8 Å². The van der Waals surface area contributed by atoms with E-state index in [0.717, 1.165) is 0 Å². The predicted molar refractivity (Wildman–Crippen MR) is 50.1 cm³/mol. The SMILES string of the molecule is CNC(=O)C1(S(=O)(=O)C(C)C)CC1. The zero-order chi connectivity index (χ0) is 10.3. The van der Waals surface area contributed by atoms with Crippen LogP contribution < -0.4 is 5.32 Å². The number of carbonyl (C=O) groups is 1. The molecule has 1 fully saturated rings. The number of rotatable bonds is 3. The lowest BCUT2D eigenvalue weighted by atomic mass is 10.4. The van der Waals surface area contributed by atoms with Gasteiger partial charge in [0.25, 0.3) is 0 Å². The fraction of sp³-hybridized carbons (Fsp3) is 0.875. The normalized spacial score (nSPS) is 20.0. The fourth-order valence-electron chi connectivity index (χ4n) is 1.43. The van der Waals surface area contributed by atoms with Crippen molar-refractivity contribution in [2.75, 3.05) is 7.05 Å². The Kier molecular flexibility index (Phi) is 2.40. The van der Waals surface area contributed by atoms with E-state index < -0.39 is 19.8 Å². The molecular formula is C8H15NO3S. The molecule has 1 rings (SSSR count). The topological polar surface area (TPSA) is 63.2 Å². The molecule has 1 amide bonds. The lowest BCUT2D eigenvalue weighted by Crippen LogP contribution is -2.43. The number of hydrogen-bond donors (Lipinski definition) is 1. The molecule has 1 saturated carbocycles. The van der Waals surface area contributed by atoms with Crippen molar-refractivity contribution in [3.8, 4) is 0 Å². The number of hydrogen-bond acceptors (Lipinski definition) is 3. The smallest absolute Gasteiger partial charge is 0.241 e. The van der Waals surface area contributed by atoms with Crippen molar-refractivity contribution in [3.05, 3.63) is 0 Å². The van der Waals surface area contributed by atoms with E-state index in [9.17, 15) is 13.2 Å². The average Bonchev–Trinajstić information content (AvgIpc) is 2.83. The second kappa shape index (κ2) is 2.97. The minimum atomic E-state index is -3.29. The highest BCUT2D eigenvalue weighted by atomic mass is 32.2. The van der Waals surface area contributed by atoms with E-state index in [4.69, 9.17) is 0 Å². The Balaban J connectivity index is 3.02. The molecule has 0 atom stereocenters. The maximum Gasteiger partial charge on any atom is 0.241 e. The third-order valence-electron chi connectivity index (χ3n) is 2.51. The van der Waals surface area contributed by atoms with E-state index in [1.54, 1.807) is 13.8 Å². The van der Waals surface area contributed by atoms with Crippen LogP contribution in [-0.2, 0) is 14.6 Å². The lowest BCUT2D eigenvalue weighted by Gasteiger charge is -2.16. The average molecular weight is 205 g/mol. The van der Waals surface area contributed by atoms with Gasteiger partial charge in [-0.15, -0.1) is 0 Å². The molecule has 0 unspecified atom stereocenters. The highest BCUT2D eigenvalue weighted by Crippen LogP contribution is 2.45. The van der Waals surface area contributed by atoms with Crippen LogP contribution in [0, 0.1) is 0 Å². The Hall–Kier alpha value is -0.580. The van der Waals surface area contributed by atoms with Crippen LogP contribution in [0.4, 0.5) is 0 Å². The molecule has 0 radical (unpaired) electrons. The zero-order valence-electron chi connectivity index (χ0n) is 8.12. The second-order valence-electron chi connectivity index (χ2n) is 3.67. The molecule has 1 N–H and O–H groups in total. The molecule has 0 aromatic carbocycles. The van der Waals surface area contributed by atoms with Gasteiger partial charge < -0.3 is 5.32 Å². The molecule has 0 spiro atoms. The summed E-state index contributed by atoms with van der Waals surface area (Å²) in [5, 5.41) is 1.93. The molecule has 76 valence electrons. The Morgan fingerprint density at radius 3 is 2.08 bits per heavy atom. The summed E-state index contributed by atoms with van der Waals surface area (Å²) in [7, 11) is -1.82. The maximum atomic E-state index is 11.8. The molecule has 1 aliphatic carbocycles. The van der Waals surface area contributed by atoms with E-state index in [1.165, 1.54) is 7.05 Å². The fourth-order valence-corrected chi connectivity index (χ4v) is 3.37. The van der Waals surface area contributed by atoms with Crippen LogP contribution >= 0.6 is 0 Å². The predicted octanol–water partition coefficient (Wildman–Crippen LogP) is 0.0882. The maximum absolute atomic E-state index is 11.8. The highest BCUT2D eigenvalue weighted by Gasteiger charge is 2.60. The van der Waals surface area contributed by atoms with E-state index in [1.807, 2.05) is 0 Å². The van der Waals surface area contributed by atoms with Gasteiger partial charge in [-0.1, -0.05) is 0 Å². The van der Waals surface area contributed by atoms with Gasteiger partial charge in [0, 0.05) is 7.05 Å². The van der Waals surface area contributed by atoms with Crippen molar-refractivity contribution >= 4 is 15.7 Å². The van der Waals surface area contributed by atoms with Crippen molar-refractivity contribution in [3.63, 3.8) is 0 Å². The number of nitrogens with one attached hydrogen (secondary N) is 1. The van der Waals surface area contributed by atoms with Crippen LogP contribution in [0.15, 0.2) is 0 Å². The van der Waals surface area contributed by atoms with Gasteiger partial charge in [0.2, 0.25) is 5.91 Å². The van der Waals surface area contributed by atoms with Crippen molar-refractivity contribution in [1.82, 2.24) is 5.32 Å². The zero-order valence-corrected chi connectivity index (χ0v) is 8.94. The minimum Gasteiger partial charge on any atom is -0.358 e. The molecule has 13 heavy (non-hydrogen) atoms. The molecule has 0 saturated heterocycles. The standard InChI is InChI=1S/C8H15NO3S/c1-6(2)13(11,12)8(4-5-8)7(10)9-3/h6H,4-5H2,1-3H3,(H,9,10). The van der Waals surface area contributed by atoms with Crippen LogP contribution in [-0.4, -0.2) is 31.4 Å². The minimum absolute atomic E-state index is 0.360. The van der Waals surface area contributed by atoms with Crippen molar-refractivity contribution < 1.29 is 13.2 Å². The molecule has 0 aromatic heterocycles. The van der Waals surface area contributed by atoms with Gasteiger partial charge in [-0.25, -0.2) is 8.42 Å². The van der Waals surface area contributed by atoms with E-state index in [-0.39, 0.29) is 5.91 Å². The largest absolute Gasteiger partial charge is 0.358 e. The first-order chi connectivity index (χ1) is 5.88. The summed E-state index contributed by atoms with van der Waals surface area (Å²) in [6.45, 7) is 3.22. The van der Waals surface area contributed by atoms with Crippen LogP contribution in [0.5, 0.6) is 0 Å². The summed E-state index contributed by atoms with van der Waals surface area (Å²) < 4.78 is 22.4. The Morgan fingerprint density at radius 2 is 1.85 bits per heavy atom. The number of carbonyl (C=O) groups excluding carboxylic acids is 1. The summed E-state index contributed by atoms with van der Waals surface area (Å²) in [6.07, 6.45) is 0.931. The first kappa shape index (κ1) is 10.5. The van der Waals surface area contributed by atoms with Crippen molar-refractivity contribution in [2.45, 2.75) is 36.7 Å². The van der Waals surface area contributed by atoms with Gasteiger partial charge in [0.15, 0.2) is 14.6 Å². The first-order valence-electron chi connectivity index (χ1n) is 4.34. The van der Waals surface area contributed by atoms with E-state index >= 15 is 0 Å². The van der Waals surface area contributed by atoms with Gasteiger partial charge in [0.1, 0.15) is 0 Å². The van der Waals surface area contributed by atoms with Gasteiger partial charge >= 0.3 is 0 Å². The van der Waals surface area contributed by atoms with Gasteiger partial charge in [-0.05, 0) is 26.7 Å². The second-order valence-corrected chi connectivity index (χ2v) is 6.48. The molecular weight excluding hydrogens is 190 g/mol. The molecule has 4 nitrogen and oxygen atoms in total. The molecule has 1 aliphatic rings. The summed E-state index contributed by atoms with van der Waals surface area (Å²) in [4.78, 5) is 11.4. The highest BCUT2D eigenvalue weighted by molar-refractivity contribution is 7.94. The molecule has 0 heterocycles. The first-order valence-corrected chi connectivity index (χ1v) is 5.89. The quantitative estimate of drug-likeness (QED) is 0.710. The van der Waals surface area contributed by atoms with E-state index in [2.05, 4.69) is 5.32 Å². The summed E-state index contributed by atoms with van der Waals surface area (Å²) in [6, 6.07) is 0. The molecule has 0 aromatic rings.